The van der Waals surface area contributed by atoms with Gasteiger partial charge in [0.05, 0.1) is 31.0 Å². The number of allylic oxidation sites excluding steroid dienone is 2. The molecule has 0 aliphatic carbocycles. The lowest BCUT2D eigenvalue weighted by molar-refractivity contribution is -0.155. The van der Waals surface area contributed by atoms with Gasteiger partial charge in [-0.05, 0) is 32.1 Å². The van der Waals surface area contributed by atoms with Crippen molar-refractivity contribution in [1.82, 2.24) is 0 Å². The third-order valence-electron chi connectivity index (χ3n) is 16.5. The average molecular weight is 1030 g/mol. The summed E-state index contributed by atoms with van der Waals surface area (Å²) in [7, 11) is 0. The molecule has 1 atom stereocenters. The fraction of sp³-hybridized carbons (Fsp3) is 0.940. The summed E-state index contributed by atoms with van der Waals surface area (Å²) in [6.07, 6.45) is 81.6. The van der Waals surface area contributed by atoms with E-state index in [1.54, 1.807) is 0 Å². The average Bonchev–Trinajstić information content (AvgIpc) is 3.46. The summed E-state index contributed by atoms with van der Waals surface area (Å²) in [5.74, 6) is -1.40. The Morgan fingerprint density at radius 1 is 0.356 bits per heavy atom. The summed E-state index contributed by atoms with van der Waals surface area (Å²) >= 11 is 0. The molecule has 1 rings (SSSR count). The molecule has 0 bridgehead atoms. The first kappa shape index (κ1) is 69.6. The molecule has 1 heterocycles. The summed E-state index contributed by atoms with van der Waals surface area (Å²) in [5.41, 5.74) is -1.12. The van der Waals surface area contributed by atoms with Crippen molar-refractivity contribution < 1.29 is 29.3 Å². The van der Waals surface area contributed by atoms with E-state index in [0.717, 1.165) is 19.3 Å². The molecule has 0 saturated carbocycles. The molecule has 1 aliphatic rings. The molecule has 6 heteroatoms. The summed E-state index contributed by atoms with van der Waals surface area (Å²) in [6.45, 7) is 1.21. The smallest absolute Gasteiger partial charge is 0.309 e. The second kappa shape index (κ2) is 56.8. The van der Waals surface area contributed by atoms with Gasteiger partial charge in [-0.1, -0.05) is 340 Å². The van der Waals surface area contributed by atoms with Crippen LogP contribution in [0.5, 0.6) is 0 Å². The summed E-state index contributed by atoms with van der Waals surface area (Å²) in [4.78, 5) is 24.7. The Balaban J connectivity index is 1.68. The minimum atomic E-state index is -1.12. The van der Waals surface area contributed by atoms with Crippen molar-refractivity contribution in [3.8, 4) is 0 Å². The highest BCUT2D eigenvalue weighted by Crippen LogP contribution is 2.25. The highest BCUT2D eigenvalue weighted by molar-refractivity contribution is 5.80. The van der Waals surface area contributed by atoms with Crippen molar-refractivity contribution in [3.05, 3.63) is 12.2 Å². The molecule has 1 fully saturated rings. The molecule has 1 unspecified atom stereocenters. The number of ether oxygens (including phenoxy) is 2. The Kier molecular flexibility index (Phi) is 54.2. The topological polar surface area (TPSA) is 93.1 Å². The van der Waals surface area contributed by atoms with Crippen LogP contribution in [-0.2, 0) is 19.1 Å². The van der Waals surface area contributed by atoms with Gasteiger partial charge in [0.15, 0.2) is 0 Å². The van der Waals surface area contributed by atoms with Crippen LogP contribution in [0.2, 0.25) is 0 Å². The number of carbonyl (C=O) groups excluding carboxylic acids is 2. The zero-order chi connectivity index (χ0) is 52.5. The number of cyclic esters (lactones) is 2. The van der Waals surface area contributed by atoms with Crippen LogP contribution in [0, 0.1) is 11.3 Å². The summed E-state index contributed by atoms with van der Waals surface area (Å²) in [6, 6.07) is 0. The highest BCUT2D eigenvalue weighted by atomic mass is 16.6. The standard InChI is InChI=1S/C67H128O6/c1-2-3-4-5-6-7-8-9-10-11-12-13-14-15-16-17-18-19-20-21-22-23-24-25-26-27-28-29-30-31-32-33-34-35-36-37-38-39-40-41-42-43-44-45-46-47-48-49-50-51-52-53-54-55-56-57-58-64-59-65(70)72-62-67(60-68,61-69)63-73-66(64)71/h32-33,64,68-69H,2-31,34-63H2,1H3/b33-32+. The van der Waals surface area contributed by atoms with Crippen LogP contribution < -0.4 is 0 Å². The first-order valence-corrected chi connectivity index (χ1v) is 33.3. The SMILES string of the molecule is CCCCCCCCCCCCCCCCCCCCCCCCCCCCCCC/C=C/CCCCCCCCCCCCCCCCCCCCCCCCCC1CC(=O)OCC(CO)(CO)COC1=O. The van der Waals surface area contributed by atoms with E-state index in [1.807, 2.05) is 0 Å². The molecule has 432 valence electrons. The molecule has 2 N–H and O–H groups in total. The Hall–Kier alpha value is -1.40. The summed E-state index contributed by atoms with van der Waals surface area (Å²) < 4.78 is 10.6. The predicted molar refractivity (Wildman–Crippen MR) is 315 cm³/mol. The Labute approximate surface area is 455 Å². The van der Waals surface area contributed by atoms with Gasteiger partial charge in [-0.25, -0.2) is 0 Å². The Morgan fingerprint density at radius 2 is 0.589 bits per heavy atom. The van der Waals surface area contributed by atoms with Crippen LogP contribution in [-0.4, -0.2) is 48.6 Å². The van der Waals surface area contributed by atoms with Gasteiger partial charge in [-0.15, -0.1) is 0 Å². The molecule has 0 aromatic carbocycles. The lowest BCUT2D eigenvalue weighted by atomic mass is 9.92. The van der Waals surface area contributed by atoms with E-state index in [2.05, 4.69) is 19.1 Å². The number of aliphatic hydroxyl groups is 2. The molecule has 1 aliphatic heterocycles. The number of unbranched alkanes of at least 4 members (excludes halogenated alkanes) is 52. The van der Waals surface area contributed by atoms with Crippen molar-refractivity contribution in [2.45, 2.75) is 366 Å². The van der Waals surface area contributed by atoms with Crippen molar-refractivity contribution in [3.63, 3.8) is 0 Å². The van der Waals surface area contributed by atoms with Crippen LogP contribution in [0.15, 0.2) is 12.2 Å². The Morgan fingerprint density at radius 3 is 0.849 bits per heavy atom. The van der Waals surface area contributed by atoms with E-state index < -0.39 is 36.5 Å². The molecule has 0 spiro atoms. The lowest BCUT2D eigenvalue weighted by Gasteiger charge is -2.27. The molecular weight excluding hydrogens is 901 g/mol. The molecular formula is C67H128O6. The van der Waals surface area contributed by atoms with Crippen molar-refractivity contribution >= 4 is 11.9 Å². The maximum atomic E-state index is 12.5. The zero-order valence-corrected chi connectivity index (χ0v) is 49.2. The van der Waals surface area contributed by atoms with Crippen LogP contribution in [0.4, 0.5) is 0 Å². The lowest BCUT2D eigenvalue weighted by Crippen LogP contribution is -2.40. The van der Waals surface area contributed by atoms with Crippen molar-refractivity contribution in [2.24, 2.45) is 11.3 Å². The molecule has 0 aromatic rings. The molecule has 0 radical (unpaired) electrons. The van der Waals surface area contributed by atoms with E-state index in [9.17, 15) is 19.8 Å². The van der Waals surface area contributed by atoms with Gasteiger partial charge in [-0.2, -0.15) is 0 Å². The molecule has 73 heavy (non-hydrogen) atoms. The first-order valence-electron chi connectivity index (χ1n) is 33.3. The van der Waals surface area contributed by atoms with Crippen LogP contribution in [0.1, 0.15) is 366 Å². The minimum Gasteiger partial charge on any atom is -0.465 e. The fourth-order valence-corrected chi connectivity index (χ4v) is 11.1. The number of aliphatic hydroxyl groups excluding tert-OH is 2. The second-order valence-corrected chi connectivity index (χ2v) is 23.9. The van der Waals surface area contributed by atoms with Gasteiger partial charge in [-0.3, -0.25) is 9.59 Å². The van der Waals surface area contributed by atoms with E-state index in [-0.39, 0.29) is 19.6 Å². The second-order valence-electron chi connectivity index (χ2n) is 23.9. The molecule has 1 saturated heterocycles. The predicted octanol–water partition coefficient (Wildman–Crippen LogP) is 21.1. The quantitative estimate of drug-likeness (QED) is 0.0358. The molecule has 0 amide bonds. The number of rotatable bonds is 58. The third kappa shape index (κ3) is 48.7. The van der Waals surface area contributed by atoms with E-state index in [4.69, 9.17) is 9.47 Å². The maximum absolute atomic E-state index is 12.5. The monoisotopic (exact) mass is 1030 g/mol. The van der Waals surface area contributed by atoms with Gasteiger partial charge in [0.25, 0.3) is 0 Å². The van der Waals surface area contributed by atoms with Crippen molar-refractivity contribution in [1.29, 1.82) is 0 Å². The van der Waals surface area contributed by atoms with Gasteiger partial charge >= 0.3 is 11.9 Å². The third-order valence-corrected chi connectivity index (χ3v) is 16.5. The molecule has 0 aromatic heterocycles. The zero-order valence-electron chi connectivity index (χ0n) is 49.2. The van der Waals surface area contributed by atoms with Crippen molar-refractivity contribution in [2.75, 3.05) is 26.4 Å². The normalized spacial score (nSPS) is 15.2. The van der Waals surface area contributed by atoms with Gasteiger partial charge in [0.1, 0.15) is 13.2 Å². The van der Waals surface area contributed by atoms with E-state index in [0.29, 0.717) is 6.42 Å². The number of esters is 2. The summed E-state index contributed by atoms with van der Waals surface area (Å²) in [5, 5.41) is 19.2. The first-order chi connectivity index (χ1) is 36.1. The van der Waals surface area contributed by atoms with Crippen LogP contribution >= 0.6 is 0 Å². The maximum Gasteiger partial charge on any atom is 0.309 e. The number of hydrogen-bond acceptors (Lipinski definition) is 6. The Bertz CT molecular complexity index is 1150. The number of hydrogen-bond donors (Lipinski definition) is 2. The highest BCUT2D eigenvalue weighted by Gasteiger charge is 2.36. The largest absolute Gasteiger partial charge is 0.465 e. The van der Waals surface area contributed by atoms with E-state index >= 15 is 0 Å². The van der Waals surface area contributed by atoms with Crippen LogP contribution in [0.3, 0.4) is 0 Å². The number of carbonyl (C=O) groups is 2. The van der Waals surface area contributed by atoms with E-state index in [1.165, 1.54) is 327 Å². The fourth-order valence-electron chi connectivity index (χ4n) is 11.1. The van der Waals surface area contributed by atoms with Crippen LogP contribution in [0.25, 0.3) is 0 Å². The van der Waals surface area contributed by atoms with Gasteiger partial charge < -0.3 is 19.7 Å². The van der Waals surface area contributed by atoms with Gasteiger partial charge in [0.2, 0.25) is 0 Å². The van der Waals surface area contributed by atoms with Gasteiger partial charge in [0, 0.05) is 0 Å². The molecule has 6 nitrogen and oxygen atoms in total. The minimum absolute atomic E-state index is 0.00435.